The lowest BCUT2D eigenvalue weighted by molar-refractivity contribution is -0.160. The van der Waals surface area contributed by atoms with E-state index in [1.54, 1.807) is 19.0 Å². The highest BCUT2D eigenvalue weighted by Gasteiger charge is 2.47. The molecule has 1 heterocycles. The summed E-state index contributed by atoms with van der Waals surface area (Å²) in [6, 6.07) is -0.135. The highest BCUT2D eigenvalue weighted by molar-refractivity contribution is 5.86. The van der Waals surface area contributed by atoms with E-state index in [-0.39, 0.29) is 24.8 Å². The number of amides is 3. The van der Waals surface area contributed by atoms with Gasteiger partial charge >= 0.3 is 12.0 Å². The smallest absolute Gasteiger partial charge is 0.329 e. The van der Waals surface area contributed by atoms with E-state index in [9.17, 15) is 19.5 Å². The van der Waals surface area contributed by atoms with Crippen molar-refractivity contribution in [1.29, 1.82) is 0 Å². The number of likely N-dealkylation sites (tertiary alicyclic amines) is 1. The van der Waals surface area contributed by atoms with Gasteiger partial charge in [0, 0.05) is 41.2 Å². The van der Waals surface area contributed by atoms with Crippen LogP contribution in [0.1, 0.15) is 19.8 Å². The summed E-state index contributed by atoms with van der Waals surface area (Å²) in [7, 11) is 4.81. The number of rotatable bonds is 2. The molecule has 1 aliphatic rings. The van der Waals surface area contributed by atoms with Gasteiger partial charge in [-0.25, -0.2) is 9.59 Å². The summed E-state index contributed by atoms with van der Waals surface area (Å²) in [6.07, 6.45) is 0.496. The number of nitrogens with zero attached hydrogens (tertiary/aromatic N) is 3. The van der Waals surface area contributed by atoms with Gasteiger partial charge < -0.3 is 19.8 Å². The van der Waals surface area contributed by atoms with Crippen LogP contribution in [0.4, 0.5) is 4.79 Å². The molecule has 1 fully saturated rings. The summed E-state index contributed by atoms with van der Waals surface area (Å²) in [5.74, 6) is -1.29. The van der Waals surface area contributed by atoms with Gasteiger partial charge in [-0.1, -0.05) is 0 Å². The maximum Gasteiger partial charge on any atom is 0.329 e. The summed E-state index contributed by atoms with van der Waals surface area (Å²) in [6.45, 7) is 2.02. The number of carboxylic acids is 1. The first kappa shape index (κ1) is 15.3. The first-order valence-electron chi connectivity index (χ1n) is 6.16. The molecule has 1 N–H and O–H groups in total. The predicted octanol–water partition coefficient (Wildman–Crippen LogP) is 0.0655. The largest absolute Gasteiger partial charge is 0.479 e. The number of carbonyl (C=O) groups excluding carboxylic acids is 2. The molecular weight excluding hydrogens is 250 g/mol. The number of aliphatic carboxylic acids is 1. The zero-order valence-corrected chi connectivity index (χ0v) is 11.8. The average molecular weight is 271 g/mol. The van der Waals surface area contributed by atoms with Gasteiger partial charge in [0.15, 0.2) is 0 Å². The Labute approximate surface area is 112 Å². The van der Waals surface area contributed by atoms with Gasteiger partial charge in [0.05, 0.1) is 0 Å². The van der Waals surface area contributed by atoms with Crippen LogP contribution < -0.4 is 0 Å². The molecule has 0 saturated carbocycles. The standard InChI is InChI=1S/C12H21N3O4/c1-9(16)14(4)12(10(17)18)5-7-15(8-6-12)11(19)13(2)3/h5-8H2,1-4H3,(H,17,18). The fourth-order valence-electron chi connectivity index (χ4n) is 2.34. The molecule has 0 radical (unpaired) electrons. The summed E-state index contributed by atoms with van der Waals surface area (Å²) < 4.78 is 0. The molecule has 7 nitrogen and oxygen atoms in total. The van der Waals surface area contributed by atoms with Gasteiger partial charge in [0.2, 0.25) is 5.91 Å². The average Bonchev–Trinajstić information content (AvgIpc) is 2.36. The number of likely N-dealkylation sites (N-methyl/N-ethyl adjacent to an activating group) is 1. The lowest BCUT2D eigenvalue weighted by Crippen LogP contribution is -2.61. The molecule has 1 aliphatic heterocycles. The third-order valence-corrected chi connectivity index (χ3v) is 3.76. The van der Waals surface area contributed by atoms with Gasteiger partial charge in [-0.05, 0) is 12.8 Å². The first-order valence-corrected chi connectivity index (χ1v) is 6.16. The van der Waals surface area contributed by atoms with Crippen molar-refractivity contribution in [2.24, 2.45) is 0 Å². The lowest BCUT2D eigenvalue weighted by atomic mass is 9.86. The number of urea groups is 1. The van der Waals surface area contributed by atoms with Crippen LogP contribution >= 0.6 is 0 Å². The number of hydrogen-bond donors (Lipinski definition) is 1. The Morgan fingerprint density at radius 1 is 1.11 bits per heavy atom. The van der Waals surface area contributed by atoms with Crippen molar-refractivity contribution in [3.63, 3.8) is 0 Å². The second kappa shape index (κ2) is 5.46. The Morgan fingerprint density at radius 3 is 1.89 bits per heavy atom. The van der Waals surface area contributed by atoms with Crippen LogP contribution in [0.5, 0.6) is 0 Å². The quantitative estimate of drug-likeness (QED) is 0.770. The predicted molar refractivity (Wildman–Crippen MR) is 68.7 cm³/mol. The maximum absolute atomic E-state index is 11.8. The molecule has 0 aliphatic carbocycles. The number of piperidine rings is 1. The molecule has 1 rings (SSSR count). The molecule has 1 saturated heterocycles. The molecule has 7 heteroatoms. The van der Waals surface area contributed by atoms with Gasteiger partial charge in [0.1, 0.15) is 5.54 Å². The second-order valence-corrected chi connectivity index (χ2v) is 5.08. The van der Waals surface area contributed by atoms with Crippen LogP contribution in [-0.4, -0.2) is 77.5 Å². The molecule has 0 aromatic heterocycles. The molecule has 0 aromatic carbocycles. The SMILES string of the molecule is CC(=O)N(C)C1(C(=O)O)CCN(C(=O)N(C)C)CC1. The third-order valence-electron chi connectivity index (χ3n) is 3.76. The van der Waals surface area contributed by atoms with Gasteiger partial charge in [0.25, 0.3) is 0 Å². The fourth-order valence-corrected chi connectivity index (χ4v) is 2.34. The third kappa shape index (κ3) is 2.80. The zero-order valence-electron chi connectivity index (χ0n) is 11.8. The van der Waals surface area contributed by atoms with Crippen molar-refractivity contribution in [3.8, 4) is 0 Å². The Morgan fingerprint density at radius 2 is 1.58 bits per heavy atom. The molecule has 0 unspecified atom stereocenters. The van der Waals surface area contributed by atoms with Gasteiger partial charge in [-0.3, -0.25) is 4.79 Å². The number of carboxylic acid groups (broad SMARTS) is 1. The second-order valence-electron chi connectivity index (χ2n) is 5.08. The van der Waals surface area contributed by atoms with Gasteiger partial charge in [-0.2, -0.15) is 0 Å². The van der Waals surface area contributed by atoms with Crippen molar-refractivity contribution in [2.45, 2.75) is 25.3 Å². The van der Waals surface area contributed by atoms with Crippen LogP contribution in [-0.2, 0) is 9.59 Å². The molecule has 3 amide bonds. The summed E-state index contributed by atoms with van der Waals surface area (Å²) in [5.41, 5.74) is -1.20. The van der Waals surface area contributed by atoms with E-state index in [2.05, 4.69) is 0 Å². The van der Waals surface area contributed by atoms with Crippen LogP contribution in [0.15, 0.2) is 0 Å². The monoisotopic (exact) mass is 271 g/mol. The van der Waals surface area contributed by atoms with Crippen LogP contribution in [0.25, 0.3) is 0 Å². The summed E-state index contributed by atoms with van der Waals surface area (Å²) in [5, 5.41) is 9.43. The molecule has 19 heavy (non-hydrogen) atoms. The Balaban J connectivity index is 2.84. The van der Waals surface area contributed by atoms with Crippen molar-refractivity contribution >= 4 is 17.9 Å². The topological polar surface area (TPSA) is 81.2 Å². The molecule has 0 atom stereocenters. The normalized spacial score (nSPS) is 17.8. The number of hydrogen-bond acceptors (Lipinski definition) is 3. The van der Waals surface area contributed by atoms with Crippen molar-refractivity contribution in [2.75, 3.05) is 34.2 Å². The molecule has 108 valence electrons. The molecular formula is C12H21N3O4. The van der Waals surface area contributed by atoms with Crippen LogP contribution in [0.2, 0.25) is 0 Å². The maximum atomic E-state index is 11.8. The van der Waals surface area contributed by atoms with Crippen LogP contribution in [0, 0.1) is 0 Å². The van der Waals surface area contributed by atoms with Crippen molar-refractivity contribution in [1.82, 2.24) is 14.7 Å². The first-order chi connectivity index (χ1) is 8.72. The van der Waals surface area contributed by atoms with E-state index in [0.717, 1.165) is 0 Å². The number of carbonyl (C=O) groups is 3. The minimum Gasteiger partial charge on any atom is -0.479 e. The van der Waals surface area contributed by atoms with E-state index in [1.807, 2.05) is 0 Å². The molecule has 0 spiro atoms. The van der Waals surface area contributed by atoms with E-state index in [0.29, 0.717) is 13.1 Å². The van der Waals surface area contributed by atoms with E-state index in [1.165, 1.54) is 23.8 Å². The summed E-state index contributed by atoms with van der Waals surface area (Å²) >= 11 is 0. The molecule has 0 aromatic rings. The van der Waals surface area contributed by atoms with Gasteiger partial charge in [-0.15, -0.1) is 0 Å². The van der Waals surface area contributed by atoms with E-state index < -0.39 is 11.5 Å². The zero-order chi connectivity index (χ0) is 14.8. The van der Waals surface area contributed by atoms with Crippen molar-refractivity contribution in [3.05, 3.63) is 0 Å². The Bertz CT molecular complexity index is 386. The highest BCUT2D eigenvalue weighted by atomic mass is 16.4. The lowest BCUT2D eigenvalue weighted by Gasteiger charge is -2.44. The van der Waals surface area contributed by atoms with E-state index >= 15 is 0 Å². The minimum atomic E-state index is -1.20. The van der Waals surface area contributed by atoms with Crippen molar-refractivity contribution < 1.29 is 19.5 Å². The van der Waals surface area contributed by atoms with Crippen LogP contribution in [0.3, 0.4) is 0 Å². The molecule has 0 bridgehead atoms. The van der Waals surface area contributed by atoms with E-state index in [4.69, 9.17) is 0 Å². The summed E-state index contributed by atoms with van der Waals surface area (Å²) in [4.78, 5) is 39.1. The Hall–Kier alpha value is -1.79. The highest BCUT2D eigenvalue weighted by Crippen LogP contribution is 2.29. The Kier molecular flexibility index (Phi) is 4.39. The minimum absolute atomic E-state index is 0.135. The fraction of sp³-hybridized carbons (Fsp3) is 0.750.